The number of benzene rings is 1. The van der Waals surface area contributed by atoms with E-state index in [4.69, 9.17) is 21.7 Å². The second-order valence-electron chi connectivity index (χ2n) is 6.15. The van der Waals surface area contributed by atoms with Crippen molar-refractivity contribution in [1.29, 1.82) is 0 Å². The Balaban J connectivity index is 1.81. The largest absolute Gasteiger partial charge is 0.493 e. The van der Waals surface area contributed by atoms with Gasteiger partial charge in [0.05, 0.1) is 20.9 Å². The number of hydrogen-bond donors (Lipinski definition) is 0. The van der Waals surface area contributed by atoms with E-state index in [1.54, 1.807) is 14.2 Å². The van der Waals surface area contributed by atoms with E-state index >= 15 is 0 Å². The van der Waals surface area contributed by atoms with Crippen molar-refractivity contribution < 1.29 is 9.47 Å². The predicted octanol–water partition coefficient (Wildman–Crippen LogP) is 2.94. The normalized spacial score (nSPS) is 14.2. The first-order chi connectivity index (χ1) is 12.1. The summed E-state index contributed by atoms with van der Waals surface area (Å²) in [5.74, 6) is 2.47. The summed E-state index contributed by atoms with van der Waals surface area (Å²) < 4.78 is 15.4. The monoisotopic (exact) mass is 360 g/mol. The van der Waals surface area contributed by atoms with Crippen molar-refractivity contribution >= 4 is 12.2 Å². The van der Waals surface area contributed by atoms with Crippen LogP contribution in [0.2, 0.25) is 0 Å². The van der Waals surface area contributed by atoms with Crippen LogP contribution in [0.4, 0.5) is 0 Å². The molecule has 134 valence electrons. The van der Waals surface area contributed by atoms with E-state index in [1.807, 2.05) is 22.2 Å². The van der Waals surface area contributed by atoms with Gasteiger partial charge in [-0.05, 0) is 48.8 Å². The number of ether oxygens (including phenoxy) is 2. The van der Waals surface area contributed by atoms with Crippen molar-refractivity contribution in [1.82, 2.24) is 19.2 Å². The van der Waals surface area contributed by atoms with Crippen LogP contribution in [0, 0.1) is 11.7 Å². The second-order valence-corrected chi connectivity index (χ2v) is 6.51. The quantitative estimate of drug-likeness (QED) is 0.585. The zero-order valence-electron chi connectivity index (χ0n) is 15.0. The molecule has 0 atom stereocenters. The third kappa shape index (κ3) is 3.48. The lowest BCUT2D eigenvalue weighted by Crippen LogP contribution is -2.33. The third-order valence-electron chi connectivity index (χ3n) is 4.55. The summed E-state index contributed by atoms with van der Waals surface area (Å²) in [7, 11) is 3.34. The molecule has 1 aromatic heterocycles. The third-order valence-corrected chi connectivity index (χ3v) is 4.98. The molecule has 0 saturated carbocycles. The Morgan fingerprint density at radius 3 is 2.56 bits per heavy atom. The van der Waals surface area contributed by atoms with Gasteiger partial charge < -0.3 is 14.0 Å². The smallest absolute Gasteiger partial charge is 0.199 e. The van der Waals surface area contributed by atoms with E-state index < -0.39 is 0 Å². The van der Waals surface area contributed by atoms with Gasteiger partial charge in [-0.1, -0.05) is 6.08 Å². The molecule has 0 amide bonds. The Morgan fingerprint density at radius 1 is 1.24 bits per heavy atom. The first kappa shape index (κ1) is 17.7. The maximum absolute atomic E-state index is 5.55. The Kier molecular flexibility index (Phi) is 5.24. The van der Waals surface area contributed by atoms with Crippen LogP contribution >= 0.6 is 12.2 Å². The molecule has 0 unspecified atom stereocenters. The number of hydrogen-bond acceptors (Lipinski definition) is 5. The van der Waals surface area contributed by atoms with Crippen LogP contribution in [0.1, 0.15) is 17.0 Å². The number of allylic oxidation sites excluding steroid dienone is 1. The van der Waals surface area contributed by atoms with Crippen molar-refractivity contribution in [2.45, 2.75) is 33.1 Å². The molecule has 1 aliphatic heterocycles. The summed E-state index contributed by atoms with van der Waals surface area (Å²) in [6, 6.07) is 4.15. The minimum Gasteiger partial charge on any atom is -0.493 e. The van der Waals surface area contributed by atoms with E-state index in [1.165, 1.54) is 11.1 Å². The van der Waals surface area contributed by atoms with Gasteiger partial charge >= 0.3 is 0 Å². The number of nitrogens with zero attached hydrogens (tertiary/aromatic N) is 4. The number of aryl methyl sites for hydroxylation is 1. The van der Waals surface area contributed by atoms with Gasteiger partial charge in [0.1, 0.15) is 5.82 Å². The standard InChI is InChI=1S/C18H24N4O2S/c1-5-7-21-13(2)19-22(18(21)25)12-20-8-6-14-9-16(23-3)17(24-4)10-15(14)11-20/h5,9-10H,1,6-8,11-12H2,2-4H3. The van der Waals surface area contributed by atoms with Gasteiger partial charge in [0.2, 0.25) is 0 Å². The lowest BCUT2D eigenvalue weighted by atomic mass is 9.99. The molecule has 2 heterocycles. The zero-order valence-corrected chi connectivity index (χ0v) is 15.8. The fourth-order valence-electron chi connectivity index (χ4n) is 3.23. The fourth-order valence-corrected chi connectivity index (χ4v) is 3.54. The lowest BCUT2D eigenvalue weighted by Gasteiger charge is -2.29. The average Bonchev–Trinajstić information content (AvgIpc) is 2.88. The van der Waals surface area contributed by atoms with Gasteiger partial charge in [-0.3, -0.25) is 4.90 Å². The molecule has 0 saturated heterocycles. The highest BCUT2D eigenvalue weighted by Crippen LogP contribution is 2.33. The molecule has 1 aromatic carbocycles. The molecule has 25 heavy (non-hydrogen) atoms. The van der Waals surface area contributed by atoms with Gasteiger partial charge in [-0.2, -0.15) is 5.10 Å². The van der Waals surface area contributed by atoms with Gasteiger partial charge in [-0.15, -0.1) is 6.58 Å². The van der Waals surface area contributed by atoms with Crippen LogP contribution in [0.15, 0.2) is 24.8 Å². The molecule has 6 nitrogen and oxygen atoms in total. The molecule has 1 aliphatic rings. The van der Waals surface area contributed by atoms with Crippen LogP contribution in [0.5, 0.6) is 11.5 Å². The van der Waals surface area contributed by atoms with E-state index in [0.717, 1.165) is 41.6 Å². The van der Waals surface area contributed by atoms with Crippen molar-refractivity contribution in [2.24, 2.45) is 0 Å². The summed E-state index contributed by atoms with van der Waals surface area (Å²) in [6.07, 6.45) is 2.81. The summed E-state index contributed by atoms with van der Waals surface area (Å²) in [5.41, 5.74) is 2.57. The van der Waals surface area contributed by atoms with Crippen LogP contribution < -0.4 is 9.47 Å². The Labute approximate surface area is 153 Å². The van der Waals surface area contributed by atoms with E-state index in [9.17, 15) is 0 Å². The molecule has 0 N–H and O–H groups in total. The number of rotatable bonds is 6. The van der Waals surface area contributed by atoms with Crippen LogP contribution in [0.25, 0.3) is 0 Å². The second kappa shape index (κ2) is 7.41. The Bertz CT molecular complexity index is 840. The molecular weight excluding hydrogens is 336 g/mol. The topological polar surface area (TPSA) is 44.5 Å². The summed E-state index contributed by atoms with van der Waals surface area (Å²) in [4.78, 5) is 2.34. The van der Waals surface area contributed by atoms with Gasteiger partial charge in [0.25, 0.3) is 0 Å². The van der Waals surface area contributed by atoms with Gasteiger partial charge in [0, 0.05) is 19.6 Å². The zero-order chi connectivity index (χ0) is 18.0. The van der Waals surface area contributed by atoms with E-state index in [0.29, 0.717) is 13.2 Å². The molecule has 0 bridgehead atoms. The molecule has 3 rings (SSSR count). The van der Waals surface area contributed by atoms with Crippen molar-refractivity contribution in [3.05, 3.63) is 46.5 Å². The molecule has 2 aromatic rings. The van der Waals surface area contributed by atoms with E-state index in [-0.39, 0.29) is 0 Å². The van der Waals surface area contributed by atoms with Crippen LogP contribution in [0.3, 0.4) is 0 Å². The minimum atomic E-state index is 0.678. The summed E-state index contributed by atoms with van der Waals surface area (Å²) in [6.45, 7) is 8.91. The highest BCUT2D eigenvalue weighted by Gasteiger charge is 2.20. The van der Waals surface area contributed by atoms with Gasteiger partial charge in [0.15, 0.2) is 16.3 Å². The maximum Gasteiger partial charge on any atom is 0.199 e. The average molecular weight is 360 g/mol. The molecule has 7 heteroatoms. The van der Waals surface area contributed by atoms with E-state index in [2.05, 4.69) is 28.7 Å². The molecular formula is C18H24N4O2S. The first-order valence-corrected chi connectivity index (χ1v) is 8.69. The van der Waals surface area contributed by atoms with Crippen LogP contribution in [-0.4, -0.2) is 40.0 Å². The van der Waals surface area contributed by atoms with Crippen molar-refractivity contribution in [2.75, 3.05) is 20.8 Å². The van der Waals surface area contributed by atoms with Gasteiger partial charge in [-0.25, -0.2) is 4.68 Å². The SMILES string of the molecule is C=CCn1c(C)nn(CN2CCc3cc(OC)c(OC)cc3C2)c1=S. The highest BCUT2D eigenvalue weighted by molar-refractivity contribution is 7.71. The molecule has 0 spiro atoms. The molecule has 0 aliphatic carbocycles. The maximum atomic E-state index is 5.55. The lowest BCUT2D eigenvalue weighted by molar-refractivity contribution is 0.187. The van der Waals surface area contributed by atoms with Crippen LogP contribution in [-0.2, 0) is 26.2 Å². The highest BCUT2D eigenvalue weighted by atomic mass is 32.1. The Hall–Kier alpha value is -2.12. The number of aromatic nitrogens is 3. The molecule has 0 fully saturated rings. The Morgan fingerprint density at radius 2 is 1.92 bits per heavy atom. The molecule has 0 radical (unpaired) electrons. The summed E-state index contributed by atoms with van der Waals surface area (Å²) >= 11 is 5.55. The number of methoxy groups -OCH3 is 2. The first-order valence-electron chi connectivity index (χ1n) is 8.28. The predicted molar refractivity (Wildman–Crippen MR) is 99.6 cm³/mol. The minimum absolute atomic E-state index is 0.678. The van der Waals surface area contributed by atoms with Crippen molar-refractivity contribution in [3.8, 4) is 11.5 Å². The summed E-state index contributed by atoms with van der Waals surface area (Å²) in [5, 5.41) is 4.58. The number of fused-ring (bicyclic) bond motifs is 1. The fraction of sp³-hybridized carbons (Fsp3) is 0.444. The van der Waals surface area contributed by atoms with Crippen molar-refractivity contribution in [3.63, 3.8) is 0 Å².